The first-order valence-electron chi connectivity index (χ1n) is 6.77. The van der Waals surface area contributed by atoms with Crippen molar-refractivity contribution in [2.45, 2.75) is 46.9 Å². The largest absolute Gasteiger partial charge is 0.483 e. The Labute approximate surface area is 124 Å². The van der Waals surface area contributed by atoms with Gasteiger partial charge < -0.3 is 10.1 Å². The van der Waals surface area contributed by atoms with Crippen LogP contribution < -0.4 is 10.1 Å². The van der Waals surface area contributed by atoms with Crippen LogP contribution in [-0.2, 0) is 20.2 Å². The quantitative estimate of drug-likeness (QED) is 0.889. The van der Waals surface area contributed by atoms with Gasteiger partial charge in [-0.1, -0.05) is 13.8 Å². The Balaban J connectivity index is 1.94. The van der Waals surface area contributed by atoms with Crippen molar-refractivity contribution >= 4 is 11.3 Å². The van der Waals surface area contributed by atoms with Crippen molar-refractivity contribution in [1.82, 2.24) is 20.1 Å². The van der Waals surface area contributed by atoms with Crippen LogP contribution in [0.2, 0.25) is 0 Å². The molecule has 0 spiro atoms. The third-order valence-electron chi connectivity index (χ3n) is 3.07. The van der Waals surface area contributed by atoms with Gasteiger partial charge in [0.25, 0.3) is 0 Å². The van der Waals surface area contributed by atoms with Gasteiger partial charge in [-0.15, -0.1) is 11.3 Å². The van der Waals surface area contributed by atoms with Gasteiger partial charge >= 0.3 is 0 Å². The van der Waals surface area contributed by atoms with E-state index in [4.69, 9.17) is 4.74 Å². The zero-order chi connectivity index (χ0) is 14.7. The molecule has 0 aliphatic rings. The monoisotopic (exact) mass is 294 g/mol. The SMILES string of the molecule is Cc1nn(C)c(C)c1OCc1csc(CNC(C)C)n1. The van der Waals surface area contributed by atoms with Gasteiger partial charge in [-0.2, -0.15) is 5.10 Å². The highest BCUT2D eigenvalue weighted by Crippen LogP contribution is 2.22. The molecular formula is C14H22N4OS. The summed E-state index contributed by atoms with van der Waals surface area (Å²) < 4.78 is 7.69. The van der Waals surface area contributed by atoms with Gasteiger partial charge in [-0.3, -0.25) is 4.68 Å². The lowest BCUT2D eigenvalue weighted by Gasteiger charge is -2.05. The first-order chi connectivity index (χ1) is 9.47. The molecular weight excluding hydrogens is 272 g/mol. The Morgan fingerprint density at radius 2 is 2.15 bits per heavy atom. The maximum Gasteiger partial charge on any atom is 0.163 e. The molecule has 0 saturated carbocycles. The molecule has 110 valence electrons. The van der Waals surface area contributed by atoms with Crippen molar-refractivity contribution in [3.8, 4) is 5.75 Å². The zero-order valence-corrected chi connectivity index (χ0v) is 13.5. The van der Waals surface area contributed by atoms with Crippen LogP contribution in [0.1, 0.15) is 35.9 Å². The van der Waals surface area contributed by atoms with Crippen LogP contribution in [0.25, 0.3) is 0 Å². The summed E-state index contributed by atoms with van der Waals surface area (Å²) in [4.78, 5) is 4.57. The van der Waals surface area contributed by atoms with E-state index >= 15 is 0 Å². The number of hydrogen-bond donors (Lipinski definition) is 1. The second-order valence-electron chi connectivity index (χ2n) is 5.18. The summed E-state index contributed by atoms with van der Waals surface area (Å²) in [5, 5.41) is 10.9. The fraction of sp³-hybridized carbons (Fsp3) is 0.571. The molecule has 2 aromatic heterocycles. The van der Waals surface area contributed by atoms with Gasteiger partial charge in [0.2, 0.25) is 0 Å². The Hall–Kier alpha value is -1.40. The van der Waals surface area contributed by atoms with Crippen molar-refractivity contribution < 1.29 is 4.74 Å². The number of aromatic nitrogens is 3. The molecule has 0 atom stereocenters. The lowest BCUT2D eigenvalue weighted by molar-refractivity contribution is 0.297. The standard InChI is InChI=1S/C14H22N4OS/c1-9(2)15-6-13-16-12(8-20-13)7-19-14-10(3)17-18(5)11(14)4/h8-9,15H,6-7H2,1-5H3. The van der Waals surface area contributed by atoms with Gasteiger partial charge in [0.1, 0.15) is 17.3 Å². The molecule has 5 nitrogen and oxygen atoms in total. The number of aryl methyl sites for hydroxylation is 2. The average molecular weight is 294 g/mol. The molecule has 6 heteroatoms. The van der Waals surface area contributed by atoms with Crippen molar-refractivity contribution in [2.75, 3.05) is 0 Å². The number of thiazole rings is 1. The zero-order valence-electron chi connectivity index (χ0n) is 12.7. The van der Waals surface area contributed by atoms with E-state index in [1.54, 1.807) is 11.3 Å². The van der Waals surface area contributed by atoms with E-state index in [1.165, 1.54) is 0 Å². The molecule has 2 heterocycles. The highest BCUT2D eigenvalue weighted by molar-refractivity contribution is 7.09. The predicted molar refractivity (Wildman–Crippen MR) is 81.1 cm³/mol. The van der Waals surface area contributed by atoms with E-state index in [0.717, 1.165) is 34.4 Å². The third kappa shape index (κ3) is 3.58. The van der Waals surface area contributed by atoms with Crippen molar-refractivity contribution in [2.24, 2.45) is 7.05 Å². The highest BCUT2D eigenvalue weighted by Gasteiger charge is 2.11. The molecule has 2 rings (SSSR count). The second kappa shape index (κ2) is 6.37. The van der Waals surface area contributed by atoms with Crippen LogP contribution in [0.15, 0.2) is 5.38 Å². The molecule has 0 fully saturated rings. The fourth-order valence-electron chi connectivity index (χ4n) is 1.90. The Bertz CT molecular complexity index is 574. The van der Waals surface area contributed by atoms with Crippen LogP contribution in [0.3, 0.4) is 0 Å². The van der Waals surface area contributed by atoms with Gasteiger partial charge in [0.05, 0.1) is 11.4 Å². The summed E-state index contributed by atoms with van der Waals surface area (Å²) in [5.74, 6) is 0.863. The molecule has 0 aliphatic carbocycles. The topological polar surface area (TPSA) is 52.0 Å². The maximum atomic E-state index is 5.85. The lowest BCUT2D eigenvalue weighted by Crippen LogP contribution is -2.21. The second-order valence-corrected chi connectivity index (χ2v) is 6.12. The lowest BCUT2D eigenvalue weighted by atomic mass is 10.3. The van der Waals surface area contributed by atoms with Gasteiger partial charge in [0.15, 0.2) is 5.75 Å². The molecule has 0 aromatic carbocycles. The number of hydrogen-bond acceptors (Lipinski definition) is 5. The first kappa shape index (κ1) is 15.0. The fourth-order valence-corrected chi connectivity index (χ4v) is 2.63. The number of ether oxygens (including phenoxy) is 1. The molecule has 0 amide bonds. The average Bonchev–Trinajstić information content (AvgIpc) is 2.92. The minimum absolute atomic E-state index is 0.472. The summed E-state index contributed by atoms with van der Waals surface area (Å²) in [7, 11) is 1.92. The number of rotatable bonds is 6. The predicted octanol–water partition coefficient (Wildman–Crippen LogP) is 2.57. The van der Waals surface area contributed by atoms with E-state index in [2.05, 4.69) is 34.6 Å². The van der Waals surface area contributed by atoms with E-state index < -0.39 is 0 Å². The summed E-state index contributed by atoms with van der Waals surface area (Å²) in [6, 6.07) is 0.472. The van der Waals surface area contributed by atoms with Crippen LogP contribution >= 0.6 is 11.3 Å². The van der Waals surface area contributed by atoms with E-state index in [-0.39, 0.29) is 0 Å². The van der Waals surface area contributed by atoms with Crippen molar-refractivity contribution in [1.29, 1.82) is 0 Å². The van der Waals surface area contributed by atoms with Crippen molar-refractivity contribution in [3.05, 3.63) is 27.5 Å². The summed E-state index contributed by atoms with van der Waals surface area (Å²) in [5.41, 5.74) is 2.93. The molecule has 0 saturated heterocycles. The molecule has 0 aliphatic heterocycles. The van der Waals surface area contributed by atoms with Crippen LogP contribution in [0.5, 0.6) is 5.75 Å². The number of nitrogens with zero attached hydrogens (tertiary/aromatic N) is 3. The van der Waals surface area contributed by atoms with E-state index in [1.807, 2.05) is 25.6 Å². The summed E-state index contributed by atoms with van der Waals surface area (Å²) in [6.45, 7) is 9.53. The first-order valence-corrected chi connectivity index (χ1v) is 7.65. The highest BCUT2D eigenvalue weighted by atomic mass is 32.1. The van der Waals surface area contributed by atoms with E-state index in [0.29, 0.717) is 12.6 Å². The van der Waals surface area contributed by atoms with Crippen LogP contribution in [0.4, 0.5) is 0 Å². The molecule has 0 radical (unpaired) electrons. The Morgan fingerprint density at radius 3 is 2.75 bits per heavy atom. The number of nitrogens with one attached hydrogen (secondary N) is 1. The minimum Gasteiger partial charge on any atom is -0.483 e. The van der Waals surface area contributed by atoms with Crippen molar-refractivity contribution in [3.63, 3.8) is 0 Å². The third-order valence-corrected chi connectivity index (χ3v) is 3.97. The Kier molecular flexibility index (Phi) is 4.77. The molecule has 0 unspecified atom stereocenters. The maximum absolute atomic E-state index is 5.85. The van der Waals surface area contributed by atoms with Crippen LogP contribution in [0, 0.1) is 13.8 Å². The van der Waals surface area contributed by atoms with E-state index in [9.17, 15) is 0 Å². The molecule has 2 aromatic rings. The summed E-state index contributed by atoms with van der Waals surface area (Å²) >= 11 is 1.67. The van der Waals surface area contributed by atoms with Crippen LogP contribution in [-0.4, -0.2) is 20.8 Å². The van der Waals surface area contributed by atoms with Gasteiger partial charge in [-0.05, 0) is 13.8 Å². The van der Waals surface area contributed by atoms with Gasteiger partial charge in [0, 0.05) is 25.0 Å². The molecule has 20 heavy (non-hydrogen) atoms. The Morgan fingerprint density at radius 1 is 1.40 bits per heavy atom. The smallest absolute Gasteiger partial charge is 0.163 e. The molecule has 1 N–H and O–H groups in total. The summed E-state index contributed by atoms with van der Waals surface area (Å²) in [6.07, 6.45) is 0. The molecule has 0 bridgehead atoms. The normalized spacial score (nSPS) is 11.3. The minimum atomic E-state index is 0.472. The van der Waals surface area contributed by atoms with Gasteiger partial charge in [-0.25, -0.2) is 4.98 Å².